The minimum absolute atomic E-state index is 0.0237. The van der Waals surface area contributed by atoms with Crippen LogP contribution in [-0.2, 0) is 16.1 Å². The molecule has 8 nitrogen and oxygen atoms in total. The van der Waals surface area contributed by atoms with Crippen LogP contribution in [0, 0.1) is 5.82 Å². The first-order valence-electron chi connectivity index (χ1n) is 11.9. The number of nitrogens with one attached hydrogen (secondary N) is 3. The fourth-order valence-electron chi connectivity index (χ4n) is 4.72. The molecule has 0 bridgehead atoms. The highest BCUT2D eigenvalue weighted by Crippen LogP contribution is 2.26. The Balaban J connectivity index is 1.28. The van der Waals surface area contributed by atoms with Crippen LogP contribution in [-0.4, -0.2) is 67.9 Å². The molecule has 35 heavy (non-hydrogen) atoms. The van der Waals surface area contributed by atoms with Gasteiger partial charge in [-0.1, -0.05) is 12.1 Å². The summed E-state index contributed by atoms with van der Waals surface area (Å²) in [6.07, 6.45) is 1.46. The van der Waals surface area contributed by atoms with E-state index >= 15 is 0 Å². The second-order valence-corrected chi connectivity index (χ2v) is 9.40. The molecule has 2 aromatic carbocycles. The van der Waals surface area contributed by atoms with E-state index in [1.807, 2.05) is 31.1 Å². The Labute approximate surface area is 204 Å². The summed E-state index contributed by atoms with van der Waals surface area (Å²) in [5.41, 5.74) is 2.43. The average molecular weight is 482 g/mol. The SMILES string of the molecule is CN(C)c1ccc(C(=O)NC2CC3C(=O)NCC(CCC(=O)NCc4ccc(F)cc4)N3C2)cc1. The fraction of sp³-hybridized carbons (Fsp3) is 0.423. The highest BCUT2D eigenvalue weighted by Gasteiger charge is 2.43. The third-order valence-electron chi connectivity index (χ3n) is 6.71. The van der Waals surface area contributed by atoms with Gasteiger partial charge in [0.25, 0.3) is 5.91 Å². The number of halogens is 1. The van der Waals surface area contributed by atoms with Gasteiger partial charge in [0, 0.05) is 63.5 Å². The lowest BCUT2D eigenvalue weighted by Crippen LogP contribution is -2.58. The lowest BCUT2D eigenvalue weighted by molar-refractivity contribution is -0.129. The topological polar surface area (TPSA) is 93.8 Å². The number of carbonyl (C=O) groups is 3. The molecule has 2 aromatic rings. The minimum Gasteiger partial charge on any atom is -0.378 e. The summed E-state index contributed by atoms with van der Waals surface area (Å²) in [4.78, 5) is 41.7. The van der Waals surface area contributed by atoms with Gasteiger partial charge in [0.2, 0.25) is 11.8 Å². The van der Waals surface area contributed by atoms with Gasteiger partial charge in [-0.2, -0.15) is 0 Å². The maximum atomic E-state index is 13.0. The van der Waals surface area contributed by atoms with Crippen LogP contribution in [0.4, 0.5) is 10.1 Å². The van der Waals surface area contributed by atoms with Crippen LogP contribution in [0.2, 0.25) is 0 Å². The number of carbonyl (C=O) groups excluding carboxylic acids is 3. The molecule has 186 valence electrons. The third-order valence-corrected chi connectivity index (χ3v) is 6.71. The van der Waals surface area contributed by atoms with Crippen molar-refractivity contribution < 1.29 is 18.8 Å². The average Bonchev–Trinajstić information content (AvgIpc) is 3.28. The third kappa shape index (κ3) is 6.16. The first-order valence-corrected chi connectivity index (χ1v) is 11.9. The van der Waals surface area contributed by atoms with Crippen molar-refractivity contribution in [2.75, 3.05) is 32.1 Å². The van der Waals surface area contributed by atoms with Crippen molar-refractivity contribution in [2.45, 2.75) is 43.9 Å². The number of hydrogen-bond acceptors (Lipinski definition) is 5. The lowest BCUT2D eigenvalue weighted by Gasteiger charge is -2.37. The molecule has 3 unspecified atom stereocenters. The molecule has 2 aliphatic heterocycles. The normalized spacial score (nSPS) is 21.7. The van der Waals surface area contributed by atoms with Crippen LogP contribution in [0.5, 0.6) is 0 Å². The van der Waals surface area contributed by atoms with E-state index in [1.165, 1.54) is 12.1 Å². The van der Waals surface area contributed by atoms with Crippen LogP contribution in [0.25, 0.3) is 0 Å². The quantitative estimate of drug-likeness (QED) is 0.533. The Morgan fingerprint density at radius 1 is 1.11 bits per heavy atom. The number of hydrogen-bond donors (Lipinski definition) is 3. The number of anilines is 1. The second-order valence-electron chi connectivity index (χ2n) is 9.40. The van der Waals surface area contributed by atoms with Crippen molar-refractivity contribution in [2.24, 2.45) is 0 Å². The van der Waals surface area contributed by atoms with Crippen LogP contribution in [0.15, 0.2) is 48.5 Å². The zero-order chi connectivity index (χ0) is 24.9. The van der Waals surface area contributed by atoms with Gasteiger partial charge < -0.3 is 20.9 Å². The van der Waals surface area contributed by atoms with Crippen molar-refractivity contribution >= 4 is 23.4 Å². The number of nitrogens with zero attached hydrogens (tertiary/aromatic N) is 2. The molecule has 0 spiro atoms. The van der Waals surface area contributed by atoms with Crippen molar-refractivity contribution in [1.82, 2.24) is 20.9 Å². The molecular weight excluding hydrogens is 449 g/mol. The summed E-state index contributed by atoms with van der Waals surface area (Å²) in [7, 11) is 3.89. The summed E-state index contributed by atoms with van der Waals surface area (Å²) >= 11 is 0. The van der Waals surface area contributed by atoms with E-state index in [0.717, 1.165) is 11.3 Å². The van der Waals surface area contributed by atoms with Crippen LogP contribution < -0.4 is 20.9 Å². The van der Waals surface area contributed by atoms with Crippen LogP contribution in [0.1, 0.15) is 35.2 Å². The van der Waals surface area contributed by atoms with Crippen LogP contribution >= 0.6 is 0 Å². The van der Waals surface area contributed by atoms with Gasteiger partial charge in [-0.25, -0.2) is 4.39 Å². The molecule has 0 radical (unpaired) electrons. The molecule has 3 atom stereocenters. The lowest BCUT2D eigenvalue weighted by atomic mass is 10.0. The molecule has 2 aliphatic rings. The van der Waals surface area contributed by atoms with E-state index in [9.17, 15) is 18.8 Å². The Hall–Kier alpha value is -3.46. The molecule has 4 rings (SSSR count). The molecule has 9 heteroatoms. The zero-order valence-electron chi connectivity index (χ0n) is 20.1. The van der Waals surface area contributed by atoms with Gasteiger partial charge in [0.15, 0.2) is 0 Å². The van der Waals surface area contributed by atoms with Crippen molar-refractivity contribution in [3.8, 4) is 0 Å². The summed E-state index contributed by atoms with van der Waals surface area (Å²) in [5, 5.41) is 8.88. The van der Waals surface area contributed by atoms with Gasteiger partial charge >= 0.3 is 0 Å². The van der Waals surface area contributed by atoms with Crippen molar-refractivity contribution in [3.05, 3.63) is 65.5 Å². The number of piperazine rings is 1. The Bertz CT molecular complexity index is 1060. The zero-order valence-corrected chi connectivity index (χ0v) is 20.1. The van der Waals surface area contributed by atoms with Crippen molar-refractivity contribution in [1.29, 1.82) is 0 Å². The Morgan fingerprint density at radius 3 is 2.51 bits per heavy atom. The van der Waals surface area contributed by atoms with E-state index in [4.69, 9.17) is 0 Å². The summed E-state index contributed by atoms with van der Waals surface area (Å²) in [6, 6.07) is 13.0. The molecule has 0 aromatic heterocycles. The van der Waals surface area contributed by atoms with E-state index in [-0.39, 0.29) is 41.7 Å². The maximum Gasteiger partial charge on any atom is 0.251 e. The highest BCUT2D eigenvalue weighted by atomic mass is 19.1. The standard InChI is InChI=1S/C26H32FN5O3/c1-31(2)21-9-5-18(6-10-21)25(34)30-20-13-23-26(35)29-15-22(32(23)16-20)11-12-24(33)28-14-17-3-7-19(27)8-4-17/h3-10,20,22-23H,11-16H2,1-2H3,(H,28,33)(H,29,35)(H,30,34). The monoisotopic (exact) mass is 481 g/mol. The fourth-order valence-corrected chi connectivity index (χ4v) is 4.72. The van der Waals surface area contributed by atoms with E-state index < -0.39 is 0 Å². The molecular formula is C26H32FN5O3. The highest BCUT2D eigenvalue weighted by molar-refractivity contribution is 5.95. The molecule has 3 amide bonds. The summed E-state index contributed by atoms with van der Waals surface area (Å²) in [5.74, 6) is -0.587. The van der Waals surface area contributed by atoms with Gasteiger partial charge in [0.1, 0.15) is 5.82 Å². The predicted molar refractivity (Wildman–Crippen MR) is 131 cm³/mol. The number of benzene rings is 2. The Kier molecular flexibility index (Phi) is 7.65. The number of rotatable bonds is 8. The van der Waals surface area contributed by atoms with Crippen LogP contribution in [0.3, 0.4) is 0 Å². The second kappa shape index (κ2) is 10.9. The molecule has 0 aliphatic carbocycles. The minimum atomic E-state index is -0.309. The first-order chi connectivity index (χ1) is 16.8. The maximum absolute atomic E-state index is 13.0. The molecule has 2 fully saturated rings. The number of fused-ring (bicyclic) bond motifs is 1. The summed E-state index contributed by atoms with van der Waals surface area (Å²) in [6.45, 7) is 1.39. The van der Waals surface area contributed by atoms with E-state index in [1.54, 1.807) is 24.3 Å². The molecule has 2 saturated heterocycles. The first kappa shape index (κ1) is 24.7. The number of amides is 3. The van der Waals surface area contributed by atoms with Crippen molar-refractivity contribution in [3.63, 3.8) is 0 Å². The predicted octanol–water partition coefficient (Wildman–Crippen LogP) is 1.66. The molecule has 0 saturated carbocycles. The molecule has 3 N–H and O–H groups in total. The smallest absolute Gasteiger partial charge is 0.251 e. The van der Waals surface area contributed by atoms with E-state index in [0.29, 0.717) is 44.5 Å². The summed E-state index contributed by atoms with van der Waals surface area (Å²) < 4.78 is 13.0. The Morgan fingerprint density at radius 2 is 1.83 bits per heavy atom. The van der Waals surface area contributed by atoms with Gasteiger partial charge in [-0.15, -0.1) is 0 Å². The molecule has 2 heterocycles. The van der Waals surface area contributed by atoms with Gasteiger partial charge in [-0.05, 0) is 54.8 Å². The largest absolute Gasteiger partial charge is 0.378 e. The van der Waals surface area contributed by atoms with E-state index in [2.05, 4.69) is 20.9 Å². The van der Waals surface area contributed by atoms with Gasteiger partial charge in [-0.3, -0.25) is 19.3 Å². The van der Waals surface area contributed by atoms with Gasteiger partial charge in [0.05, 0.1) is 6.04 Å².